The fourth-order valence-electron chi connectivity index (χ4n) is 2.86. The van der Waals surface area contributed by atoms with E-state index in [1.807, 2.05) is 0 Å². The van der Waals surface area contributed by atoms with Crippen molar-refractivity contribution >= 4 is 11.8 Å². The van der Waals surface area contributed by atoms with Crippen LogP contribution in [-0.2, 0) is 20.9 Å². The minimum atomic E-state index is -0.999. The number of likely N-dealkylation sites (N-methyl/N-ethyl adjacent to an activating group) is 1. The highest BCUT2D eigenvalue weighted by molar-refractivity contribution is 5.98. The Bertz CT molecular complexity index is 544. The molecule has 1 aliphatic rings. The Hall–Kier alpha value is -1.93. The first-order valence-electron chi connectivity index (χ1n) is 7.06. The number of rotatable bonds is 6. The lowest BCUT2D eigenvalue weighted by Crippen LogP contribution is -2.59. The number of likely N-dealkylation sites (tertiary alicyclic amines) is 1. The van der Waals surface area contributed by atoms with Gasteiger partial charge in [-0.3, -0.25) is 9.59 Å². The van der Waals surface area contributed by atoms with Gasteiger partial charge < -0.3 is 24.2 Å². The molecular formula is C14H21N3O5. The van der Waals surface area contributed by atoms with Crippen LogP contribution in [0.5, 0.6) is 0 Å². The van der Waals surface area contributed by atoms with Crippen molar-refractivity contribution in [3.05, 3.63) is 17.5 Å². The molecule has 2 heterocycles. The third kappa shape index (κ3) is 2.84. The van der Waals surface area contributed by atoms with Crippen LogP contribution in [0.25, 0.3) is 0 Å². The van der Waals surface area contributed by atoms with Crippen LogP contribution < -0.4 is 5.32 Å². The highest BCUT2D eigenvalue weighted by Crippen LogP contribution is 2.31. The molecule has 1 saturated heterocycles. The van der Waals surface area contributed by atoms with Crippen molar-refractivity contribution in [1.82, 2.24) is 15.4 Å². The van der Waals surface area contributed by atoms with Crippen LogP contribution in [0, 0.1) is 0 Å². The Labute approximate surface area is 128 Å². The predicted octanol–water partition coefficient (Wildman–Crippen LogP) is 0.188. The number of amides is 2. The van der Waals surface area contributed by atoms with Gasteiger partial charge in [-0.05, 0) is 12.8 Å². The molecule has 1 N–H and O–H groups in total. The van der Waals surface area contributed by atoms with E-state index < -0.39 is 5.54 Å². The first-order chi connectivity index (χ1) is 10.6. The molecule has 1 atom stereocenters. The molecule has 1 aromatic heterocycles. The van der Waals surface area contributed by atoms with Gasteiger partial charge in [0.1, 0.15) is 12.1 Å². The number of ether oxygens (including phenoxy) is 2. The van der Waals surface area contributed by atoms with Crippen LogP contribution in [-0.4, -0.2) is 61.8 Å². The van der Waals surface area contributed by atoms with E-state index in [0.717, 1.165) is 6.42 Å². The second-order valence-corrected chi connectivity index (χ2v) is 5.22. The van der Waals surface area contributed by atoms with Crippen molar-refractivity contribution in [1.29, 1.82) is 0 Å². The molecule has 0 spiro atoms. The van der Waals surface area contributed by atoms with Crippen LogP contribution in [0.4, 0.5) is 0 Å². The van der Waals surface area contributed by atoms with E-state index in [9.17, 15) is 9.59 Å². The summed E-state index contributed by atoms with van der Waals surface area (Å²) in [5.41, 5.74) is -0.834. The standard InChI is InChI=1S/C14H21N3O5/c1-15-13(19)14(9-21-3)5-4-6-17(14)12(18)11-7-10(8-20-2)22-16-11/h7H,4-6,8-9H2,1-3H3,(H,15,19). The molecule has 2 rings (SSSR count). The Balaban J connectivity index is 2.27. The zero-order valence-electron chi connectivity index (χ0n) is 13.0. The molecular weight excluding hydrogens is 290 g/mol. The minimum Gasteiger partial charge on any atom is -0.382 e. The second-order valence-electron chi connectivity index (χ2n) is 5.22. The van der Waals surface area contributed by atoms with E-state index in [1.54, 1.807) is 7.05 Å². The molecule has 8 heteroatoms. The molecule has 0 aromatic carbocycles. The lowest BCUT2D eigenvalue weighted by Gasteiger charge is -2.35. The quantitative estimate of drug-likeness (QED) is 0.806. The van der Waals surface area contributed by atoms with E-state index in [2.05, 4.69) is 10.5 Å². The van der Waals surface area contributed by atoms with Gasteiger partial charge in [0.15, 0.2) is 11.5 Å². The molecule has 0 aliphatic carbocycles. The minimum absolute atomic E-state index is 0.140. The highest BCUT2D eigenvalue weighted by Gasteiger charge is 2.50. The highest BCUT2D eigenvalue weighted by atomic mass is 16.5. The van der Waals surface area contributed by atoms with Crippen LogP contribution in [0.1, 0.15) is 29.1 Å². The topological polar surface area (TPSA) is 93.9 Å². The normalized spacial score (nSPS) is 21.1. The van der Waals surface area contributed by atoms with Crippen molar-refractivity contribution in [3.63, 3.8) is 0 Å². The van der Waals surface area contributed by atoms with Gasteiger partial charge in [0.05, 0.1) is 6.61 Å². The van der Waals surface area contributed by atoms with E-state index in [-0.39, 0.29) is 30.7 Å². The maximum absolute atomic E-state index is 12.7. The van der Waals surface area contributed by atoms with Crippen LogP contribution in [0.15, 0.2) is 10.6 Å². The van der Waals surface area contributed by atoms with Crippen molar-refractivity contribution < 1.29 is 23.6 Å². The van der Waals surface area contributed by atoms with Gasteiger partial charge in [-0.15, -0.1) is 0 Å². The number of hydrogen-bond acceptors (Lipinski definition) is 6. The lowest BCUT2D eigenvalue weighted by atomic mass is 9.95. The van der Waals surface area contributed by atoms with E-state index >= 15 is 0 Å². The summed E-state index contributed by atoms with van der Waals surface area (Å²) in [5, 5.41) is 6.39. The number of aromatic nitrogens is 1. The average molecular weight is 311 g/mol. The van der Waals surface area contributed by atoms with Crippen molar-refractivity contribution in [2.45, 2.75) is 25.0 Å². The van der Waals surface area contributed by atoms with Gasteiger partial charge >= 0.3 is 0 Å². The Morgan fingerprint density at radius 3 is 2.86 bits per heavy atom. The molecule has 22 heavy (non-hydrogen) atoms. The summed E-state index contributed by atoms with van der Waals surface area (Å²) in [6.07, 6.45) is 1.28. The fraction of sp³-hybridized carbons (Fsp3) is 0.643. The molecule has 1 aromatic rings. The molecule has 1 fully saturated rings. The Morgan fingerprint density at radius 2 is 2.23 bits per heavy atom. The lowest BCUT2D eigenvalue weighted by molar-refractivity contribution is -0.133. The van der Waals surface area contributed by atoms with Gasteiger partial charge in [-0.25, -0.2) is 0 Å². The summed E-state index contributed by atoms with van der Waals surface area (Å²) >= 11 is 0. The average Bonchev–Trinajstić information content (AvgIpc) is 3.14. The summed E-state index contributed by atoms with van der Waals surface area (Å²) in [6.45, 7) is 0.849. The summed E-state index contributed by atoms with van der Waals surface area (Å²) < 4.78 is 15.2. The smallest absolute Gasteiger partial charge is 0.277 e. The fourth-order valence-corrected chi connectivity index (χ4v) is 2.86. The molecule has 0 radical (unpaired) electrons. The summed E-state index contributed by atoms with van der Waals surface area (Å²) in [7, 11) is 4.59. The number of carbonyl (C=O) groups is 2. The number of nitrogens with one attached hydrogen (secondary N) is 1. The van der Waals surface area contributed by atoms with Crippen LogP contribution in [0.2, 0.25) is 0 Å². The predicted molar refractivity (Wildman–Crippen MR) is 76.2 cm³/mol. The summed E-state index contributed by atoms with van der Waals surface area (Å²) in [4.78, 5) is 26.6. The third-order valence-corrected chi connectivity index (χ3v) is 3.83. The summed E-state index contributed by atoms with van der Waals surface area (Å²) in [6, 6.07) is 1.53. The first-order valence-corrected chi connectivity index (χ1v) is 7.06. The third-order valence-electron chi connectivity index (χ3n) is 3.83. The van der Waals surface area contributed by atoms with Gasteiger partial charge in [0.25, 0.3) is 5.91 Å². The molecule has 0 saturated carbocycles. The van der Waals surface area contributed by atoms with Crippen molar-refractivity contribution in [2.24, 2.45) is 0 Å². The molecule has 8 nitrogen and oxygen atoms in total. The summed E-state index contributed by atoms with van der Waals surface area (Å²) in [5.74, 6) is -0.118. The maximum Gasteiger partial charge on any atom is 0.277 e. The van der Waals surface area contributed by atoms with E-state index in [0.29, 0.717) is 18.7 Å². The van der Waals surface area contributed by atoms with E-state index in [1.165, 1.54) is 25.2 Å². The van der Waals surface area contributed by atoms with Crippen LogP contribution in [0.3, 0.4) is 0 Å². The van der Waals surface area contributed by atoms with Gasteiger partial charge in [0, 0.05) is 33.9 Å². The molecule has 2 amide bonds. The SMILES string of the molecule is CNC(=O)C1(COC)CCCN1C(=O)c1cc(COC)on1. The van der Waals surface area contributed by atoms with E-state index in [4.69, 9.17) is 14.0 Å². The van der Waals surface area contributed by atoms with Crippen molar-refractivity contribution in [3.8, 4) is 0 Å². The zero-order valence-corrected chi connectivity index (χ0v) is 13.0. The molecule has 122 valence electrons. The first kappa shape index (κ1) is 16.4. The Morgan fingerprint density at radius 1 is 1.45 bits per heavy atom. The zero-order chi connectivity index (χ0) is 16.2. The molecule has 1 unspecified atom stereocenters. The van der Waals surface area contributed by atoms with Gasteiger partial charge in [-0.2, -0.15) is 0 Å². The second kappa shape index (κ2) is 6.89. The van der Waals surface area contributed by atoms with Gasteiger partial charge in [0.2, 0.25) is 5.91 Å². The number of carbonyl (C=O) groups excluding carboxylic acids is 2. The number of nitrogens with zero attached hydrogens (tertiary/aromatic N) is 2. The Kier molecular flexibility index (Phi) is 5.15. The molecule has 1 aliphatic heterocycles. The number of hydrogen-bond donors (Lipinski definition) is 1. The monoisotopic (exact) mass is 311 g/mol. The maximum atomic E-state index is 12.7. The van der Waals surface area contributed by atoms with Crippen molar-refractivity contribution in [2.75, 3.05) is 34.4 Å². The van der Waals surface area contributed by atoms with Crippen LogP contribution >= 0.6 is 0 Å². The molecule has 0 bridgehead atoms. The number of methoxy groups -OCH3 is 2. The van der Waals surface area contributed by atoms with Gasteiger partial charge in [-0.1, -0.05) is 5.16 Å². The largest absolute Gasteiger partial charge is 0.382 e.